The third kappa shape index (κ3) is 19.7. The topological polar surface area (TPSA) is 301 Å². The van der Waals surface area contributed by atoms with E-state index in [2.05, 4.69) is 72.1 Å². The van der Waals surface area contributed by atoms with Crippen molar-refractivity contribution in [3.05, 3.63) is 79.6 Å². The van der Waals surface area contributed by atoms with Crippen molar-refractivity contribution >= 4 is 65.5 Å². The summed E-state index contributed by atoms with van der Waals surface area (Å²) in [6, 6.07) is 8.53. The number of amides is 4. The maximum absolute atomic E-state index is 13.1. The first-order valence-corrected chi connectivity index (χ1v) is 21.1. The van der Waals surface area contributed by atoms with Crippen LogP contribution in [-0.2, 0) is 19.1 Å². The first-order chi connectivity index (χ1) is 30.7. The van der Waals surface area contributed by atoms with Crippen LogP contribution in [0.25, 0.3) is 6.08 Å². The number of anilines is 6. The van der Waals surface area contributed by atoms with Gasteiger partial charge in [-0.05, 0) is 74.1 Å². The standard InChI is InChI=1S/C43H60N14O8/c1-26-21-31(58)51-37(48-26)56-40(62)46-19-11-9-17-44-35-53-36(45-18-10-12-20-47-41(63)57-38-49-27(2)22-32(59)52-38)55-39(54-35)50-29-15-13-28(14-16-29)23-30(33(60)64-24-42(3,4)5)34(61)65-25-43(6,7)8/h13-16,21-23H,9-12,17-20,24-25H2,1-8H3,(H3,44,45,50,53,54,55)(H3,46,48,51,56,58,62)(H3,47,49,52,57,59,63). The van der Waals surface area contributed by atoms with Crippen molar-refractivity contribution in [2.75, 3.05) is 66.0 Å². The molecule has 3 heterocycles. The Hall–Kier alpha value is -7.39. The molecule has 22 nitrogen and oxygen atoms in total. The van der Waals surface area contributed by atoms with E-state index in [0.717, 1.165) is 0 Å². The van der Waals surface area contributed by atoms with Crippen molar-refractivity contribution < 1.29 is 28.7 Å². The number of aromatic amines is 2. The van der Waals surface area contributed by atoms with Crippen molar-refractivity contribution in [1.29, 1.82) is 0 Å². The van der Waals surface area contributed by atoms with Crippen LogP contribution in [0.1, 0.15) is 84.2 Å². The molecule has 4 aromatic rings. The molecular formula is C43H60N14O8. The summed E-state index contributed by atoms with van der Waals surface area (Å²) in [4.78, 5) is 101. The summed E-state index contributed by atoms with van der Waals surface area (Å²) in [5, 5.41) is 20.0. The fourth-order valence-corrected chi connectivity index (χ4v) is 5.35. The fourth-order valence-electron chi connectivity index (χ4n) is 5.35. The summed E-state index contributed by atoms with van der Waals surface area (Å²) in [6.07, 6.45) is 3.92. The number of hydrogen-bond donors (Lipinski definition) is 9. The Morgan fingerprint density at radius 2 is 1.02 bits per heavy atom. The SMILES string of the molecule is Cc1cc(=O)nc(NC(=O)NCCCCNc2nc(NCCCCNC(=O)Nc3nc(=O)cc(C)[nH]3)nc(Nc3ccc(C=C(C(=O)OCC(C)(C)C)C(=O)OCC(C)(C)C)cc3)n2)[nH]1. The second-order valence-corrected chi connectivity index (χ2v) is 17.4. The number of nitrogens with zero attached hydrogens (tertiary/aromatic N) is 5. The normalized spacial score (nSPS) is 11.1. The molecule has 1 aromatic carbocycles. The van der Waals surface area contributed by atoms with E-state index in [9.17, 15) is 28.8 Å². The molecule has 350 valence electrons. The van der Waals surface area contributed by atoms with Gasteiger partial charge in [0.05, 0.1) is 13.2 Å². The van der Waals surface area contributed by atoms with Crippen LogP contribution in [0.3, 0.4) is 0 Å². The summed E-state index contributed by atoms with van der Waals surface area (Å²) in [5.41, 5.74) is 0.503. The number of carbonyl (C=O) groups is 4. The molecule has 4 rings (SSSR count). The average molecular weight is 901 g/mol. The number of aromatic nitrogens is 7. The highest BCUT2D eigenvalue weighted by Gasteiger charge is 2.25. The van der Waals surface area contributed by atoms with Crippen LogP contribution in [0.5, 0.6) is 0 Å². The van der Waals surface area contributed by atoms with Gasteiger partial charge >= 0.3 is 24.0 Å². The smallest absolute Gasteiger partial charge is 0.345 e. The van der Waals surface area contributed by atoms with E-state index in [1.807, 2.05) is 41.5 Å². The summed E-state index contributed by atoms with van der Waals surface area (Å²) in [7, 11) is 0. The Balaban J connectivity index is 1.39. The Bertz CT molecular complexity index is 2270. The molecule has 22 heteroatoms. The van der Waals surface area contributed by atoms with Gasteiger partial charge in [-0.3, -0.25) is 20.2 Å². The molecule has 0 aliphatic heterocycles. The zero-order chi connectivity index (χ0) is 47.6. The van der Waals surface area contributed by atoms with E-state index >= 15 is 0 Å². The van der Waals surface area contributed by atoms with Gasteiger partial charge in [0, 0.05) is 55.4 Å². The minimum absolute atomic E-state index is 0.0531. The van der Waals surface area contributed by atoms with Crippen molar-refractivity contribution in [3.63, 3.8) is 0 Å². The van der Waals surface area contributed by atoms with Crippen LogP contribution in [0.15, 0.2) is 51.6 Å². The number of carbonyl (C=O) groups excluding carboxylic acids is 4. The molecule has 0 saturated carbocycles. The number of nitrogens with one attached hydrogen (secondary N) is 9. The molecule has 65 heavy (non-hydrogen) atoms. The number of ether oxygens (including phenoxy) is 2. The maximum atomic E-state index is 13.1. The number of benzene rings is 1. The fraction of sp³-hybridized carbons (Fsp3) is 0.465. The lowest BCUT2D eigenvalue weighted by atomic mass is 9.98. The number of hydrogen-bond acceptors (Lipinski definition) is 16. The minimum Gasteiger partial charge on any atom is -0.461 e. The molecule has 0 bridgehead atoms. The van der Waals surface area contributed by atoms with E-state index < -0.39 is 35.1 Å². The average Bonchev–Trinajstić information content (AvgIpc) is 3.20. The van der Waals surface area contributed by atoms with Gasteiger partial charge in [0.25, 0.3) is 11.1 Å². The maximum Gasteiger partial charge on any atom is 0.345 e. The van der Waals surface area contributed by atoms with Gasteiger partial charge in [-0.1, -0.05) is 53.7 Å². The molecule has 0 fully saturated rings. The molecule has 0 atom stereocenters. The highest BCUT2D eigenvalue weighted by atomic mass is 16.6. The molecule has 3 aromatic heterocycles. The molecule has 0 saturated heterocycles. The summed E-state index contributed by atoms with van der Waals surface area (Å²) < 4.78 is 10.9. The monoisotopic (exact) mass is 900 g/mol. The Kier molecular flexibility index (Phi) is 18.5. The van der Waals surface area contributed by atoms with E-state index in [1.54, 1.807) is 38.1 Å². The molecule has 9 N–H and O–H groups in total. The third-order valence-corrected chi connectivity index (χ3v) is 8.39. The lowest BCUT2D eigenvalue weighted by Crippen LogP contribution is -2.31. The first-order valence-electron chi connectivity index (χ1n) is 21.1. The molecule has 0 unspecified atom stereocenters. The number of unbranched alkanes of at least 4 members (excludes halogenated alkanes) is 2. The van der Waals surface area contributed by atoms with E-state index in [1.165, 1.54) is 18.2 Å². The molecule has 0 aliphatic carbocycles. The van der Waals surface area contributed by atoms with Gasteiger partial charge in [-0.15, -0.1) is 0 Å². The molecule has 0 spiro atoms. The number of aryl methyl sites for hydroxylation is 2. The van der Waals surface area contributed by atoms with Crippen LogP contribution in [0.2, 0.25) is 0 Å². The van der Waals surface area contributed by atoms with Crippen LogP contribution >= 0.6 is 0 Å². The highest BCUT2D eigenvalue weighted by Crippen LogP contribution is 2.21. The van der Waals surface area contributed by atoms with Crippen LogP contribution in [0.4, 0.5) is 45.0 Å². The van der Waals surface area contributed by atoms with E-state index in [0.29, 0.717) is 74.5 Å². The van der Waals surface area contributed by atoms with E-state index in [4.69, 9.17) is 9.47 Å². The summed E-state index contributed by atoms with van der Waals surface area (Å²) in [6.45, 7) is 16.7. The van der Waals surface area contributed by atoms with Gasteiger partial charge < -0.3 is 46.0 Å². The van der Waals surface area contributed by atoms with Gasteiger partial charge in [-0.2, -0.15) is 24.9 Å². The van der Waals surface area contributed by atoms with Crippen molar-refractivity contribution in [1.82, 2.24) is 45.5 Å². The van der Waals surface area contributed by atoms with E-state index in [-0.39, 0.29) is 59.4 Å². The lowest BCUT2D eigenvalue weighted by molar-refractivity contribution is -0.149. The first kappa shape index (κ1) is 50.3. The predicted octanol–water partition coefficient (Wildman–Crippen LogP) is 4.99. The predicted molar refractivity (Wildman–Crippen MR) is 247 cm³/mol. The molecular weight excluding hydrogens is 841 g/mol. The Morgan fingerprint density at radius 1 is 0.600 bits per heavy atom. The van der Waals surface area contributed by atoms with Crippen LogP contribution in [0, 0.1) is 24.7 Å². The largest absolute Gasteiger partial charge is 0.461 e. The van der Waals surface area contributed by atoms with Crippen molar-refractivity contribution in [3.8, 4) is 0 Å². The molecule has 0 aliphatic rings. The van der Waals surface area contributed by atoms with Gasteiger partial charge in [0.15, 0.2) is 0 Å². The minimum atomic E-state index is -0.779. The second kappa shape index (κ2) is 23.9. The van der Waals surface area contributed by atoms with Crippen LogP contribution in [-0.4, -0.2) is 98.3 Å². The Labute approximate surface area is 376 Å². The lowest BCUT2D eigenvalue weighted by Gasteiger charge is -2.20. The number of urea groups is 2. The number of esters is 2. The summed E-state index contributed by atoms with van der Waals surface area (Å²) >= 11 is 0. The third-order valence-electron chi connectivity index (χ3n) is 8.39. The highest BCUT2D eigenvalue weighted by molar-refractivity contribution is 6.17. The molecule has 0 radical (unpaired) electrons. The Morgan fingerprint density at radius 3 is 1.43 bits per heavy atom. The van der Waals surface area contributed by atoms with Gasteiger partial charge in [0.1, 0.15) is 5.57 Å². The van der Waals surface area contributed by atoms with Crippen molar-refractivity contribution in [2.45, 2.75) is 81.1 Å². The zero-order valence-electron chi connectivity index (χ0n) is 38.1. The number of H-pyrrole nitrogens is 2. The van der Waals surface area contributed by atoms with Gasteiger partial charge in [-0.25, -0.2) is 19.2 Å². The second-order valence-electron chi connectivity index (χ2n) is 17.4. The molecule has 4 amide bonds. The van der Waals surface area contributed by atoms with Crippen molar-refractivity contribution in [2.24, 2.45) is 10.8 Å². The summed E-state index contributed by atoms with van der Waals surface area (Å²) in [5.74, 6) is -0.685. The quantitative estimate of drug-likeness (QED) is 0.0175. The van der Waals surface area contributed by atoms with Gasteiger partial charge in [0.2, 0.25) is 29.7 Å². The zero-order valence-corrected chi connectivity index (χ0v) is 38.1. The number of rotatable bonds is 21. The van der Waals surface area contributed by atoms with Crippen LogP contribution < -0.4 is 48.3 Å².